The molecule has 22 heavy (non-hydrogen) atoms. The van der Waals surface area contributed by atoms with Gasteiger partial charge in [-0.1, -0.05) is 30.0 Å². The molecule has 1 aromatic carbocycles. The quantitative estimate of drug-likeness (QED) is 0.881. The van der Waals surface area contributed by atoms with Crippen molar-refractivity contribution >= 4 is 17.7 Å². The van der Waals surface area contributed by atoms with Crippen molar-refractivity contribution in [3.63, 3.8) is 0 Å². The fourth-order valence-electron chi connectivity index (χ4n) is 2.11. The largest absolute Gasteiger partial charge is 0.351 e. The van der Waals surface area contributed by atoms with Gasteiger partial charge in [0.15, 0.2) is 5.16 Å². The number of nitrogens with one attached hydrogen (secondary N) is 1. The van der Waals surface area contributed by atoms with Crippen LogP contribution in [0.3, 0.4) is 0 Å². The van der Waals surface area contributed by atoms with E-state index in [1.54, 1.807) is 0 Å². The SMILES string of the molecule is Cc1ccccc1-n1c(C)nnc1SCC(=O)NC(C)(C)C. The first-order valence-electron chi connectivity index (χ1n) is 7.20. The summed E-state index contributed by atoms with van der Waals surface area (Å²) in [4.78, 5) is 12.0. The van der Waals surface area contributed by atoms with Crippen molar-refractivity contribution in [1.29, 1.82) is 0 Å². The maximum atomic E-state index is 12.0. The first-order valence-corrected chi connectivity index (χ1v) is 8.18. The van der Waals surface area contributed by atoms with Gasteiger partial charge in [-0.2, -0.15) is 0 Å². The second kappa shape index (κ2) is 6.52. The number of aryl methyl sites for hydroxylation is 2. The Balaban J connectivity index is 2.17. The van der Waals surface area contributed by atoms with E-state index in [1.807, 2.05) is 50.5 Å². The molecule has 0 aliphatic carbocycles. The fraction of sp³-hybridized carbons (Fsp3) is 0.438. The Kier molecular flexibility index (Phi) is 4.90. The zero-order valence-electron chi connectivity index (χ0n) is 13.7. The third kappa shape index (κ3) is 4.10. The van der Waals surface area contributed by atoms with Crippen molar-refractivity contribution in [2.24, 2.45) is 0 Å². The minimum absolute atomic E-state index is 0.00510. The summed E-state index contributed by atoms with van der Waals surface area (Å²) in [6.07, 6.45) is 0. The van der Waals surface area contributed by atoms with Gasteiger partial charge in [0.25, 0.3) is 0 Å². The Morgan fingerprint density at radius 3 is 2.55 bits per heavy atom. The summed E-state index contributed by atoms with van der Waals surface area (Å²) in [6, 6.07) is 8.07. The lowest BCUT2D eigenvalue weighted by Gasteiger charge is -2.20. The highest BCUT2D eigenvalue weighted by Gasteiger charge is 2.17. The van der Waals surface area contributed by atoms with Gasteiger partial charge in [-0.25, -0.2) is 0 Å². The summed E-state index contributed by atoms with van der Waals surface area (Å²) < 4.78 is 1.99. The van der Waals surface area contributed by atoms with Gasteiger partial charge in [0.2, 0.25) is 5.91 Å². The molecule has 0 saturated heterocycles. The molecule has 0 fully saturated rings. The molecule has 118 valence electrons. The minimum Gasteiger partial charge on any atom is -0.351 e. The molecule has 0 atom stereocenters. The van der Waals surface area contributed by atoms with Crippen LogP contribution in [0.4, 0.5) is 0 Å². The van der Waals surface area contributed by atoms with Gasteiger partial charge < -0.3 is 5.32 Å². The number of benzene rings is 1. The van der Waals surface area contributed by atoms with Crippen LogP contribution in [0.15, 0.2) is 29.4 Å². The molecule has 0 aliphatic heterocycles. The van der Waals surface area contributed by atoms with E-state index in [0.717, 1.165) is 22.2 Å². The molecule has 0 spiro atoms. The third-order valence-corrected chi connectivity index (χ3v) is 3.93. The molecule has 0 aliphatic rings. The molecule has 0 saturated carbocycles. The molecule has 0 radical (unpaired) electrons. The van der Waals surface area contributed by atoms with Gasteiger partial charge in [-0.3, -0.25) is 9.36 Å². The van der Waals surface area contributed by atoms with Crippen molar-refractivity contribution in [2.45, 2.75) is 45.3 Å². The summed E-state index contributed by atoms with van der Waals surface area (Å²) in [5, 5.41) is 12.0. The van der Waals surface area contributed by atoms with E-state index in [0.29, 0.717) is 5.75 Å². The van der Waals surface area contributed by atoms with E-state index < -0.39 is 0 Å². The number of hydrogen-bond acceptors (Lipinski definition) is 4. The normalized spacial score (nSPS) is 11.5. The first kappa shape index (κ1) is 16.5. The van der Waals surface area contributed by atoms with Crippen LogP contribution in [-0.2, 0) is 4.79 Å². The maximum Gasteiger partial charge on any atom is 0.230 e. The Hall–Kier alpha value is -1.82. The lowest BCUT2D eigenvalue weighted by atomic mass is 10.1. The van der Waals surface area contributed by atoms with E-state index in [1.165, 1.54) is 11.8 Å². The lowest BCUT2D eigenvalue weighted by molar-refractivity contribution is -0.119. The van der Waals surface area contributed by atoms with E-state index in [4.69, 9.17) is 0 Å². The van der Waals surface area contributed by atoms with E-state index in [2.05, 4.69) is 28.5 Å². The second-order valence-electron chi connectivity index (χ2n) is 6.24. The molecular formula is C16H22N4OS. The van der Waals surface area contributed by atoms with Crippen LogP contribution in [0.2, 0.25) is 0 Å². The second-order valence-corrected chi connectivity index (χ2v) is 7.18. The standard InChI is InChI=1S/C16H22N4OS/c1-11-8-6-7-9-13(11)20-12(2)18-19-15(20)22-10-14(21)17-16(3,4)5/h6-9H,10H2,1-5H3,(H,17,21). The van der Waals surface area contributed by atoms with E-state index in [9.17, 15) is 4.79 Å². The van der Waals surface area contributed by atoms with Gasteiger partial charge in [0.1, 0.15) is 5.82 Å². The lowest BCUT2D eigenvalue weighted by Crippen LogP contribution is -2.41. The van der Waals surface area contributed by atoms with Crippen LogP contribution in [0, 0.1) is 13.8 Å². The topological polar surface area (TPSA) is 59.8 Å². The van der Waals surface area contributed by atoms with Crippen LogP contribution < -0.4 is 5.32 Å². The fourth-order valence-corrected chi connectivity index (χ4v) is 2.90. The van der Waals surface area contributed by atoms with Crippen LogP contribution in [0.25, 0.3) is 5.69 Å². The van der Waals surface area contributed by atoms with Crippen LogP contribution in [0.5, 0.6) is 0 Å². The molecule has 2 rings (SSSR count). The van der Waals surface area contributed by atoms with E-state index >= 15 is 0 Å². The van der Waals surface area contributed by atoms with Crippen LogP contribution in [-0.4, -0.2) is 32.0 Å². The number of para-hydroxylation sites is 1. The number of hydrogen-bond donors (Lipinski definition) is 1. The third-order valence-electron chi connectivity index (χ3n) is 3.00. The predicted molar refractivity (Wildman–Crippen MR) is 89.5 cm³/mol. The Bertz CT molecular complexity index is 673. The molecule has 2 aromatic rings. The molecule has 0 bridgehead atoms. The van der Waals surface area contributed by atoms with Gasteiger partial charge in [-0.15, -0.1) is 10.2 Å². The van der Waals surface area contributed by atoms with Crippen molar-refractivity contribution in [3.05, 3.63) is 35.7 Å². The Morgan fingerprint density at radius 2 is 1.91 bits per heavy atom. The van der Waals surface area contributed by atoms with Gasteiger partial charge in [0.05, 0.1) is 11.4 Å². The summed E-state index contributed by atoms with van der Waals surface area (Å²) >= 11 is 1.40. The zero-order valence-corrected chi connectivity index (χ0v) is 14.5. The molecule has 1 aromatic heterocycles. The first-order chi connectivity index (χ1) is 10.3. The highest BCUT2D eigenvalue weighted by Crippen LogP contribution is 2.23. The number of thioether (sulfide) groups is 1. The number of nitrogens with zero attached hydrogens (tertiary/aromatic N) is 3. The number of rotatable bonds is 4. The van der Waals surface area contributed by atoms with Crippen LogP contribution >= 0.6 is 11.8 Å². The summed E-state index contributed by atoms with van der Waals surface area (Å²) in [5.41, 5.74) is 1.96. The molecule has 6 heteroatoms. The molecule has 0 unspecified atom stereocenters. The predicted octanol–water partition coefficient (Wildman–Crippen LogP) is 2.89. The van der Waals surface area contributed by atoms with Crippen molar-refractivity contribution in [3.8, 4) is 5.69 Å². The van der Waals surface area contributed by atoms with Gasteiger partial charge in [-0.05, 0) is 46.2 Å². The number of amides is 1. The van der Waals surface area contributed by atoms with Gasteiger partial charge in [0, 0.05) is 5.54 Å². The molecule has 1 heterocycles. The molecule has 1 amide bonds. The highest BCUT2D eigenvalue weighted by molar-refractivity contribution is 7.99. The molecule has 1 N–H and O–H groups in total. The molecular weight excluding hydrogens is 296 g/mol. The van der Waals surface area contributed by atoms with Crippen LogP contribution in [0.1, 0.15) is 32.2 Å². The number of carbonyl (C=O) groups is 1. The Labute approximate surface area is 135 Å². The monoisotopic (exact) mass is 318 g/mol. The smallest absolute Gasteiger partial charge is 0.230 e. The number of carbonyl (C=O) groups excluding carboxylic acids is 1. The average Bonchev–Trinajstić information content (AvgIpc) is 2.76. The minimum atomic E-state index is -0.225. The number of aromatic nitrogens is 3. The summed E-state index contributed by atoms with van der Waals surface area (Å²) in [7, 11) is 0. The van der Waals surface area contributed by atoms with Gasteiger partial charge >= 0.3 is 0 Å². The van der Waals surface area contributed by atoms with Crippen molar-refractivity contribution in [2.75, 3.05) is 5.75 Å². The maximum absolute atomic E-state index is 12.0. The molecule has 5 nitrogen and oxygen atoms in total. The summed E-state index contributed by atoms with van der Waals surface area (Å²) in [6.45, 7) is 9.87. The van der Waals surface area contributed by atoms with Crippen molar-refractivity contribution < 1.29 is 4.79 Å². The van der Waals surface area contributed by atoms with Crippen molar-refractivity contribution in [1.82, 2.24) is 20.1 Å². The Morgan fingerprint density at radius 1 is 1.23 bits per heavy atom. The summed E-state index contributed by atoms with van der Waals surface area (Å²) in [5.74, 6) is 1.13. The zero-order chi connectivity index (χ0) is 16.3. The average molecular weight is 318 g/mol. The highest BCUT2D eigenvalue weighted by atomic mass is 32.2. The van der Waals surface area contributed by atoms with E-state index in [-0.39, 0.29) is 11.4 Å².